The molecule has 0 radical (unpaired) electrons. The van der Waals surface area contributed by atoms with Crippen molar-refractivity contribution in [3.63, 3.8) is 0 Å². The smallest absolute Gasteiger partial charge is 0.295 e. The summed E-state index contributed by atoms with van der Waals surface area (Å²) in [6.07, 6.45) is 2.47. The number of thiazole rings is 1. The van der Waals surface area contributed by atoms with Crippen molar-refractivity contribution in [1.29, 1.82) is 0 Å². The van der Waals surface area contributed by atoms with Gasteiger partial charge in [-0.3, -0.25) is 9.11 Å². The first-order chi connectivity index (χ1) is 16.8. The molecule has 37 heavy (non-hydrogen) atoms. The van der Waals surface area contributed by atoms with Crippen LogP contribution in [0.4, 0.5) is 5.82 Å². The SMILES string of the molecule is Cc1ncc(C[n+]2csc(CCO)c2C)c(N)n1.O=S(=O)(O)c1cccc2c(S(=O)(=O)O)cccc12.[Cl-]. The Morgan fingerprint density at radius 2 is 1.51 bits per heavy atom. The minimum absolute atomic E-state index is 0. The lowest BCUT2D eigenvalue weighted by Crippen LogP contribution is -3.00. The molecule has 2 aromatic carbocycles. The Labute approximate surface area is 224 Å². The van der Waals surface area contributed by atoms with Crippen LogP contribution >= 0.6 is 11.3 Å². The van der Waals surface area contributed by atoms with Gasteiger partial charge in [-0.1, -0.05) is 35.6 Å². The van der Waals surface area contributed by atoms with Gasteiger partial charge in [0.15, 0.2) is 12.2 Å². The summed E-state index contributed by atoms with van der Waals surface area (Å²) in [5.41, 5.74) is 10.0. The van der Waals surface area contributed by atoms with Crippen LogP contribution in [0.15, 0.2) is 57.9 Å². The van der Waals surface area contributed by atoms with Gasteiger partial charge in [-0.25, -0.2) is 9.97 Å². The maximum atomic E-state index is 11.2. The molecule has 0 atom stereocenters. The number of aliphatic hydroxyl groups is 1. The second-order valence-electron chi connectivity index (χ2n) is 7.72. The molecule has 0 saturated heterocycles. The molecular weight excluding hydrogens is 564 g/mol. The van der Waals surface area contributed by atoms with Gasteiger partial charge in [0.1, 0.15) is 21.4 Å². The van der Waals surface area contributed by atoms with E-state index in [9.17, 15) is 16.8 Å². The summed E-state index contributed by atoms with van der Waals surface area (Å²) in [7, 11) is -8.94. The van der Waals surface area contributed by atoms with E-state index in [0.29, 0.717) is 24.6 Å². The van der Waals surface area contributed by atoms with Crippen molar-refractivity contribution < 1.29 is 48.0 Å². The van der Waals surface area contributed by atoms with Crippen LogP contribution in [0.5, 0.6) is 0 Å². The van der Waals surface area contributed by atoms with E-state index < -0.39 is 30.0 Å². The number of halogens is 1. The lowest BCUT2D eigenvalue weighted by Gasteiger charge is -2.06. The highest BCUT2D eigenvalue weighted by atomic mass is 35.5. The largest absolute Gasteiger partial charge is 1.00 e. The average Bonchev–Trinajstić information content (AvgIpc) is 3.13. The summed E-state index contributed by atoms with van der Waals surface area (Å²) in [6.45, 7) is 4.71. The quantitative estimate of drug-likeness (QED) is 0.160. The summed E-state index contributed by atoms with van der Waals surface area (Å²) >= 11 is 1.65. The number of benzene rings is 2. The van der Waals surface area contributed by atoms with Crippen LogP contribution in [0.1, 0.15) is 22.0 Å². The lowest BCUT2D eigenvalue weighted by atomic mass is 10.1. The van der Waals surface area contributed by atoms with E-state index in [1.807, 2.05) is 19.4 Å². The van der Waals surface area contributed by atoms with Crippen LogP contribution in [-0.4, -0.2) is 47.6 Å². The Balaban J connectivity index is 0.000000253. The third-order valence-electron chi connectivity index (χ3n) is 5.25. The first kappa shape index (κ1) is 30.5. The van der Waals surface area contributed by atoms with E-state index >= 15 is 0 Å². The van der Waals surface area contributed by atoms with E-state index in [-0.39, 0.29) is 29.8 Å². The van der Waals surface area contributed by atoms with Crippen LogP contribution < -0.4 is 22.7 Å². The monoisotopic (exact) mass is 588 g/mol. The molecule has 5 N–H and O–H groups in total. The number of nitrogens with zero attached hydrogens (tertiary/aromatic N) is 3. The molecule has 0 spiro atoms. The van der Waals surface area contributed by atoms with Crippen molar-refractivity contribution in [2.45, 2.75) is 36.6 Å². The summed E-state index contributed by atoms with van der Waals surface area (Å²) in [5, 5.41) is 9.02. The number of rotatable bonds is 6. The summed E-state index contributed by atoms with van der Waals surface area (Å²) < 4.78 is 64.8. The Bertz CT molecular complexity index is 1550. The van der Waals surface area contributed by atoms with Crippen LogP contribution in [-0.2, 0) is 33.2 Å². The highest BCUT2D eigenvalue weighted by Gasteiger charge is 2.19. The van der Waals surface area contributed by atoms with E-state index in [1.54, 1.807) is 17.5 Å². The molecule has 0 saturated carbocycles. The van der Waals surface area contributed by atoms with Crippen molar-refractivity contribution >= 4 is 48.2 Å². The lowest BCUT2D eigenvalue weighted by molar-refractivity contribution is -0.689. The molecule has 0 aliphatic heterocycles. The number of fused-ring (bicyclic) bond motifs is 1. The molecule has 4 aromatic rings. The van der Waals surface area contributed by atoms with Crippen LogP contribution in [0, 0.1) is 13.8 Å². The van der Waals surface area contributed by atoms with Gasteiger partial charge in [-0.15, -0.1) is 0 Å². The van der Waals surface area contributed by atoms with Crippen LogP contribution in [0.2, 0.25) is 0 Å². The second kappa shape index (κ2) is 12.2. The Hall–Kier alpha value is -2.72. The van der Waals surface area contributed by atoms with Crippen molar-refractivity contribution in [3.05, 3.63) is 70.1 Å². The highest BCUT2D eigenvalue weighted by molar-refractivity contribution is 7.86. The van der Waals surface area contributed by atoms with Gasteiger partial charge in [0.2, 0.25) is 5.51 Å². The Morgan fingerprint density at radius 1 is 0.973 bits per heavy atom. The fourth-order valence-corrected chi connectivity index (χ4v) is 5.87. The Kier molecular flexibility index (Phi) is 10.1. The van der Waals surface area contributed by atoms with Crippen molar-refractivity contribution in [3.8, 4) is 0 Å². The predicted molar refractivity (Wildman–Crippen MR) is 134 cm³/mol. The van der Waals surface area contributed by atoms with Gasteiger partial charge in [-0.05, 0) is 19.1 Å². The number of nitrogens with two attached hydrogens (primary N) is 1. The molecule has 11 nitrogen and oxygen atoms in total. The van der Waals surface area contributed by atoms with Gasteiger partial charge < -0.3 is 23.2 Å². The molecule has 2 heterocycles. The molecule has 2 aromatic heterocycles. The maximum absolute atomic E-state index is 11.2. The highest BCUT2D eigenvalue weighted by Crippen LogP contribution is 2.28. The van der Waals surface area contributed by atoms with Crippen LogP contribution in [0.25, 0.3) is 10.8 Å². The third kappa shape index (κ3) is 7.41. The molecule has 0 aliphatic carbocycles. The molecule has 0 bridgehead atoms. The van der Waals surface area contributed by atoms with Gasteiger partial charge in [-0.2, -0.15) is 21.4 Å². The Morgan fingerprint density at radius 3 is 1.97 bits per heavy atom. The van der Waals surface area contributed by atoms with Gasteiger partial charge in [0.05, 0.1) is 10.4 Å². The fraction of sp³-hybridized carbons (Fsp3) is 0.227. The first-order valence-corrected chi connectivity index (χ1v) is 14.2. The zero-order valence-electron chi connectivity index (χ0n) is 19.7. The maximum Gasteiger partial charge on any atom is 0.295 e. The van der Waals surface area contributed by atoms with Crippen molar-refractivity contribution in [2.24, 2.45) is 0 Å². The molecule has 15 heteroatoms. The summed E-state index contributed by atoms with van der Waals surface area (Å²) in [6, 6.07) is 7.53. The summed E-state index contributed by atoms with van der Waals surface area (Å²) in [5.74, 6) is 1.22. The standard InChI is InChI=1S/C12H17N4OS.C10H8O6S2.ClH/c1-8-11(3-4-17)18-7-16(8)6-10-5-14-9(2)15-12(10)13;11-17(12,13)9-5-1-3-7-8(9)4-2-6-10(7)18(14,15)16;/h5,7,17H,3-4,6H2,1-2H3,(H2,13,14,15);1-6H,(H,11,12,13)(H,14,15,16);1H/q+1;;/p-1. The van der Waals surface area contributed by atoms with Crippen LogP contribution in [0.3, 0.4) is 0 Å². The first-order valence-electron chi connectivity index (χ1n) is 10.4. The number of aryl methyl sites for hydroxylation is 1. The summed E-state index contributed by atoms with van der Waals surface area (Å²) in [4.78, 5) is 8.70. The number of aliphatic hydroxyl groups excluding tert-OH is 1. The molecular formula is C22H25ClN4O7S3. The molecule has 200 valence electrons. The second-order valence-corrected chi connectivity index (χ2v) is 11.4. The molecule has 0 unspecified atom stereocenters. The van der Waals surface area contributed by atoms with Gasteiger partial charge in [0.25, 0.3) is 20.2 Å². The van der Waals surface area contributed by atoms with E-state index in [2.05, 4.69) is 14.5 Å². The average molecular weight is 589 g/mol. The van der Waals surface area contributed by atoms with E-state index in [1.165, 1.54) is 29.1 Å². The number of hydrogen-bond donors (Lipinski definition) is 4. The predicted octanol–water partition coefficient (Wildman–Crippen LogP) is -1.06. The zero-order chi connectivity index (χ0) is 26.7. The number of anilines is 1. The number of nitrogen functional groups attached to an aromatic ring is 1. The third-order valence-corrected chi connectivity index (χ3v) is 8.22. The number of aromatic nitrogens is 3. The molecule has 0 fully saturated rings. The molecule has 4 rings (SSSR count). The van der Waals surface area contributed by atoms with Gasteiger partial charge >= 0.3 is 0 Å². The minimum Gasteiger partial charge on any atom is -1.00 e. The van der Waals surface area contributed by atoms with Gasteiger partial charge in [0, 0.05) is 36.9 Å². The van der Waals surface area contributed by atoms with E-state index in [4.69, 9.17) is 19.9 Å². The topological polar surface area (TPSA) is 185 Å². The zero-order valence-corrected chi connectivity index (χ0v) is 22.9. The minimum atomic E-state index is -4.47. The molecule has 0 aliphatic rings. The fourth-order valence-electron chi connectivity index (χ4n) is 3.47. The van der Waals surface area contributed by atoms with Crippen molar-refractivity contribution in [2.75, 3.05) is 12.3 Å². The van der Waals surface area contributed by atoms with Crippen molar-refractivity contribution in [1.82, 2.24) is 9.97 Å². The molecule has 0 amide bonds. The normalized spacial score (nSPS) is 11.5. The number of hydrogen-bond acceptors (Lipinski definition) is 9. The van der Waals surface area contributed by atoms with E-state index in [0.717, 1.165) is 23.4 Å².